The quantitative estimate of drug-likeness (QED) is 0.423. The molecule has 9 nitrogen and oxygen atoms in total. The minimum Gasteiger partial charge on any atom is -0.453 e. The van der Waals surface area contributed by atoms with Crippen LogP contribution in [0.5, 0.6) is 0 Å². The van der Waals surface area contributed by atoms with Gasteiger partial charge >= 0.3 is 5.97 Å². The summed E-state index contributed by atoms with van der Waals surface area (Å²) in [6.45, 7) is 2.77. The predicted octanol–water partition coefficient (Wildman–Crippen LogP) is 2.11. The Labute approximate surface area is 160 Å². The van der Waals surface area contributed by atoms with E-state index in [1.165, 1.54) is 19.2 Å². The highest BCUT2D eigenvalue weighted by molar-refractivity contribution is 6.30. The summed E-state index contributed by atoms with van der Waals surface area (Å²) in [5, 5.41) is 13.7. The Bertz CT molecular complexity index is 739. The van der Waals surface area contributed by atoms with Crippen molar-refractivity contribution in [2.24, 2.45) is 17.8 Å². The number of hydrogen-bond acceptors (Lipinski definition) is 7. The van der Waals surface area contributed by atoms with E-state index in [9.17, 15) is 24.5 Å². The molecule has 1 aromatic rings. The molecule has 0 bridgehead atoms. The highest BCUT2D eigenvalue weighted by atomic mass is 35.5. The summed E-state index contributed by atoms with van der Waals surface area (Å²) in [6.07, 6.45) is 0.168. The van der Waals surface area contributed by atoms with Gasteiger partial charge in [0.2, 0.25) is 6.54 Å². The average molecular weight is 398 g/mol. The molecule has 1 fully saturated rings. The molecular formula is C17H20ClN3O6. The number of carbonyl (C=O) groups is 3. The van der Waals surface area contributed by atoms with Crippen LogP contribution < -0.4 is 5.32 Å². The van der Waals surface area contributed by atoms with Crippen LogP contribution in [0.15, 0.2) is 18.3 Å². The largest absolute Gasteiger partial charge is 0.453 e. The maximum atomic E-state index is 12.1. The molecule has 0 radical (unpaired) electrons. The van der Waals surface area contributed by atoms with Gasteiger partial charge in [-0.1, -0.05) is 18.5 Å². The van der Waals surface area contributed by atoms with Gasteiger partial charge in [-0.2, -0.15) is 0 Å². The van der Waals surface area contributed by atoms with Crippen LogP contribution in [0.1, 0.15) is 26.7 Å². The van der Waals surface area contributed by atoms with Gasteiger partial charge in [-0.15, -0.1) is 0 Å². The van der Waals surface area contributed by atoms with E-state index in [-0.39, 0.29) is 36.9 Å². The number of anilines is 1. The van der Waals surface area contributed by atoms with Gasteiger partial charge in [0.25, 0.3) is 5.91 Å². The van der Waals surface area contributed by atoms with Crippen LogP contribution in [0.4, 0.5) is 5.82 Å². The zero-order chi connectivity index (χ0) is 20.1. The molecule has 1 N–H and O–H groups in total. The summed E-state index contributed by atoms with van der Waals surface area (Å²) in [5.74, 6) is -2.72. The van der Waals surface area contributed by atoms with E-state index in [4.69, 9.17) is 16.3 Å². The molecule has 2 rings (SSSR count). The number of nitrogens with zero attached hydrogens (tertiary/aromatic N) is 2. The van der Waals surface area contributed by atoms with Crippen LogP contribution in [0.2, 0.25) is 5.02 Å². The Hall–Kier alpha value is -2.55. The van der Waals surface area contributed by atoms with Gasteiger partial charge in [0.05, 0.1) is 11.4 Å². The Morgan fingerprint density at radius 1 is 1.48 bits per heavy atom. The second kappa shape index (κ2) is 8.90. The third-order valence-corrected chi connectivity index (χ3v) is 4.81. The van der Waals surface area contributed by atoms with Crippen molar-refractivity contribution in [2.75, 3.05) is 11.9 Å². The molecular weight excluding hydrogens is 378 g/mol. The molecule has 1 amide bonds. The lowest BCUT2D eigenvalue weighted by Gasteiger charge is -2.18. The lowest BCUT2D eigenvalue weighted by atomic mass is 9.88. The number of hydrogen-bond donors (Lipinski definition) is 1. The number of ether oxygens (including phenoxy) is 1. The minimum absolute atomic E-state index is 0.169. The first-order valence-corrected chi connectivity index (χ1v) is 8.81. The monoisotopic (exact) mass is 397 g/mol. The van der Waals surface area contributed by atoms with Crippen LogP contribution in [0.25, 0.3) is 0 Å². The molecule has 1 aliphatic rings. The summed E-state index contributed by atoms with van der Waals surface area (Å²) in [5.41, 5.74) is 0. The number of halogens is 1. The topological polar surface area (TPSA) is 128 Å². The zero-order valence-corrected chi connectivity index (χ0v) is 15.6. The Kier molecular flexibility index (Phi) is 6.84. The minimum atomic E-state index is -1.11. The molecule has 1 heterocycles. The number of ketones is 1. The fourth-order valence-electron chi connectivity index (χ4n) is 3.16. The summed E-state index contributed by atoms with van der Waals surface area (Å²) >= 11 is 5.71. The number of esters is 1. The van der Waals surface area contributed by atoms with Crippen molar-refractivity contribution in [1.82, 2.24) is 4.98 Å². The highest BCUT2D eigenvalue weighted by Gasteiger charge is 2.44. The van der Waals surface area contributed by atoms with Gasteiger partial charge in [-0.25, -0.2) is 4.98 Å². The number of carbonyl (C=O) groups excluding carboxylic acids is 3. The van der Waals surface area contributed by atoms with Crippen LogP contribution in [0.3, 0.4) is 0 Å². The van der Waals surface area contributed by atoms with Gasteiger partial charge in [0.1, 0.15) is 11.6 Å². The Balaban J connectivity index is 1.91. The number of rotatable bonds is 7. The molecule has 0 unspecified atom stereocenters. The van der Waals surface area contributed by atoms with Crippen LogP contribution >= 0.6 is 11.6 Å². The molecule has 0 saturated heterocycles. The molecule has 10 heteroatoms. The Morgan fingerprint density at radius 2 is 2.19 bits per heavy atom. The molecule has 0 aromatic carbocycles. The first kappa shape index (κ1) is 20.8. The smallest absolute Gasteiger partial charge is 0.307 e. The van der Waals surface area contributed by atoms with Crippen molar-refractivity contribution >= 4 is 35.1 Å². The molecule has 4 atom stereocenters. The van der Waals surface area contributed by atoms with E-state index in [0.29, 0.717) is 5.02 Å². The lowest BCUT2D eigenvalue weighted by Crippen LogP contribution is -2.32. The molecule has 1 saturated carbocycles. The molecule has 1 aromatic heterocycles. The SMILES string of the molecule is C[C@H](OC(=O)C[C@H]1C(=O)C[C@@H](C)[C@H]1C[N+](=O)[O-])C(=O)Nc1ccc(Cl)cn1. The van der Waals surface area contributed by atoms with Crippen LogP contribution in [0, 0.1) is 27.9 Å². The third kappa shape index (κ3) is 5.72. The Morgan fingerprint density at radius 3 is 2.78 bits per heavy atom. The predicted molar refractivity (Wildman–Crippen MR) is 95.7 cm³/mol. The number of amides is 1. The molecule has 0 spiro atoms. The second-order valence-corrected chi connectivity index (χ2v) is 7.06. The van der Waals surface area contributed by atoms with Crippen molar-refractivity contribution in [3.63, 3.8) is 0 Å². The van der Waals surface area contributed by atoms with E-state index in [0.717, 1.165) is 0 Å². The van der Waals surface area contributed by atoms with Crippen molar-refractivity contribution in [3.05, 3.63) is 33.5 Å². The number of pyridine rings is 1. The fraction of sp³-hybridized carbons (Fsp3) is 0.529. The summed E-state index contributed by atoms with van der Waals surface area (Å²) in [6, 6.07) is 3.04. The maximum absolute atomic E-state index is 12.1. The first-order chi connectivity index (χ1) is 12.7. The van der Waals surface area contributed by atoms with Crippen molar-refractivity contribution in [3.8, 4) is 0 Å². The molecule has 1 aliphatic carbocycles. The van der Waals surface area contributed by atoms with Crippen LogP contribution in [-0.4, -0.2) is 40.2 Å². The lowest BCUT2D eigenvalue weighted by molar-refractivity contribution is -0.490. The number of aromatic nitrogens is 1. The third-order valence-electron chi connectivity index (χ3n) is 4.59. The molecule has 146 valence electrons. The molecule has 0 aliphatic heterocycles. The van der Waals surface area contributed by atoms with E-state index in [1.54, 1.807) is 13.0 Å². The summed E-state index contributed by atoms with van der Waals surface area (Å²) < 4.78 is 5.08. The van der Waals surface area contributed by atoms with Gasteiger partial charge in [-0.05, 0) is 25.0 Å². The summed E-state index contributed by atoms with van der Waals surface area (Å²) in [4.78, 5) is 50.5. The standard InChI is InChI=1S/C17H20ClN3O6/c1-9-5-14(22)12(13(9)8-21(25)26)6-16(23)27-10(2)17(24)20-15-4-3-11(18)7-19-15/h3-4,7,9-10,12-13H,5-6,8H2,1-2H3,(H,19,20,24)/t9-,10+,12-,13-/m1/s1. The maximum Gasteiger partial charge on any atom is 0.307 e. The first-order valence-electron chi connectivity index (χ1n) is 8.43. The normalized spacial score (nSPS) is 22.9. The number of Topliss-reactive ketones (excluding diaryl/α,β-unsaturated/α-hetero) is 1. The zero-order valence-electron chi connectivity index (χ0n) is 14.9. The van der Waals surface area contributed by atoms with Gasteiger partial charge in [0, 0.05) is 29.4 Å². The second-order valence-electron chi connectivity index (χ2n) is 6.62. The van der Waals surface area contributed by atoms with E-state index < -0.39 is 34.7 Å². The summed E-state index contributed by atoms with van der Waals surface area (Å²) in [7, 11) is 0. The van der Waals surface area contributed by atoms with E-state index in [2.05, 4.69) is 10.3 Å². The molecule has 27 heavy (non-hydrogen) atoms. The van der Waals surface area contributed by atoms with E-state index >= 15 is 0 Å². The fourth-order valence-corrected chi connectivity index (χ4v) is 3.27. The van der Waals surface area contributed by atoms with Crippen molar-refractivity contribution in [2.45, 2.75) is 32.8 Å². The van der Waals surface area contributed by atoms with Gasteiger partial charge < -0.3 is 10.1 Å². The van der Waals surface area contributed by atoms with Crippen molar-refractivity contribution in [1.29, 1.82) is 0 Å². The average Bonchev–Trinajstić information content (AvgIpc) is 2.83. The van der Waals surface area contributed by atoms with Gasteiger partial charge in [0.15, 0.2) is 6.10 Å². The highest BCUT2D eigenvalue weighted by Crippen LogP contribution is 2.36. The van der Waals surface area contributed by atoms with Crippen molar-refractivity contribution < 1.29 is 24.0 Å². The van der Waals surface area contributed by atoms with Gasteiger partial charge in [-0.3, -0.25) is 24.5 Å². The number of nitrogens with one attached hydrogen (secondary N) is 1. The van der Waals surface area contributed by atoms with E-state index in [1.807, 2.05) is 0 Å². The number of nitro groups is 1. The van der Waals surface area contributed by atoms with Crippen LogP contribution in [-0.2, 0) is 19.1 Å².